The zero-order valence-electron chi connectivity index (χ0n) is 6.90. The molecular weight excluding hydrogens is 158 g/mol. The Kier molecular flexibility index (Phi) is 3.42. The molecule has 0 radical (unpaired) electrons. The summed E-state index contributed by atoms with van der Waals surface area (Å²) in [7, 11) is 0. The van der Waals surface area contributed by atoms with Crippen LogP contribution in [0.3, 0.4) is 0 Å². The topological polar surface area (TPSA) is 30.7 Å². The average Bonchev–Trinajstić information content (AvgIpc) is 2.52. The van der Waals surface area contributed by atoms with E-state index in [-0.39, 0.29) is 0 Å². The van der Waals surface area contributed by atoms with Crippen LogP contribution in [0, 0.1) is 0 Å². The summed E-state index contributed by atoms with van der Waals surface area (Å²) in [6.45, 7) is 2.18. The molecule has 0 spiro atoms. The van der Waals surface area contributed by atoms with Gasteiger partial charge >= 0.3 is 0 Å². The van der Waals surface area contributed by atoms with Crippen LogP contribution in [0.1, 0.15) is 25.1 Å². The SMILES string of the molecule is CCCC(SC)n1cncn1. The van der Waals surface area contributed by atoms with Crippen molar-refractivity contribution in [2.45, 2.75) is 25.1 Å². The van der Waals surface area contributed by atoms with E-state index < -0.39 is 0 Å². The number of hydrogen-bond acceptors (Lipinski definition) is 3. The summed E-state index contributed by atoms with van der Waals surface area (Å²) in [6.07, 6.45) is 7.80. The van der Waals surface area contributed by atoms with Crippen LogP contribution in [0.25, 0.3) is 0 Å². The maximum atomic E-state index is 4.09. The highest BCUT2D eigenvalue weighted by Gasteiger charge is 2.06. The second-order valence-electron chi connectivity index (χ2n) is 2.35. The maximum absolute atomic E-state index is 4.09. The van der Waals surface area contributed by atoms with Crippen molar-refractivity contribution in [1.82, 2.24) is 14.8 Å². The molecule has 11 heavy (non-hydrogen) atoms. The van der Waals surface area contributed by atoms with Crippen LogP contribution in [-0.4, -0.2) is 21.0 Å². The molecule has 0 amide bonds. The first-order valence-electron chi connectivity index (χ1n) is 3.75. The number of nitrogens with zero attached hydrogens (tertiary/aromatic N) is 3. The molecule has 3 nitrogen and oxygen atoms in total. The molecule has 0 aromatic carbocycles. The molecule has 62 valence electrons. The third-order valence-corrected chi connectivity index (χ3v) is 2.54. The fourth-order valence-electron chi connectivity index (χ4n) is 0.971. The summed E-state index contributed by atoms with van der Waals surface area (Å²) in [5, 5.41) is 4.55. The predicted octanol–water partition coefficient (Wildman–Crippen LogP) is 1.94. The quantitative estimate of drug-likeness (QED) is 0.693. The van der Waals surface area contributed by atoms with E-state index in [1.54, 1.807) is 12.7 Å². The molecule has 0 aliphatic heterocycles. The van der Waals surface area contributed by atoms with Gasteiger partial charge in [-0.1, -0.05) is 13.3 Å². The number of hydrogen-bond donors (Lipinski definition) is 0. The van der Waals surface area contributed by atoms with Crippen molar-refractivity contribution >= 4 is 11.8 Å². The molecular formula is C7H13N3S. The number of thioether (sulfide) groups is 1. The van der Waals surface area contributed by atoms with Crippen LogP contribution >= 0.6 is 11.8 Å². The minimum absolute atomic E-state index is 0.461. The van der Waals surface area contributed by atoms with E-state index in [4.69, 9.17) is 0 Å². The van der Waals surface area contributed by atoms with E-state index in [2.05, 4.69) is 23.3 Å². The fourth-order valence-corrected chi connectivity index (χ4v) is 1.77. The molecule has 0 saturated carbocycles. The van der Waals surface area contributed by atoms with Crippen LogP contribution in [-0.2, 0) is 0 Å². The summed E-state index contributed by atoms with van der Waals surface area (Å²) in [4.78, 5) is 3.91. The molecule has 0 aliphatic rings. The summed E-state index contributed by atoms with van der Waals surface area (Å²) in [5.41, 5.74) is 0. The third kappa shape index (κ3) is 2.22. The Morgan fingerprint density at radius 3 is 2.91 bits per heavy atom. The zero-order valence-corrected chi connectivity index (χ0v) is 7.71. The minimum Gasteiger partial charge on any atom is -0.240 e. The van der Waals surface area contributed by atoms with Gasteiger partial charge in [0.25, 0.3) is 0 Å². The Balaban J connectivity index is 2.56. The van der Waals surface area contributed by atoms with E-state index in [1.165, 1.54) is 6.42 Å². The van der Waals surface area contributed by atoms with Crippen LogP contribution in [0.2, 0.25) is 0 Å². The van der Waals surface area contributed by atoms with Crippen molar-refractivity contribution in [3.8, 4) is 0 Å². The Morgan fingerprint density at radius 1 is 1.64 bits per heavy atom. The monoisotopic (exact) mass is 171 g/mol. The lowest BCUT2D eigenvalue weighted by atomic mass is 10.3. The minimum atomic E-state index is 0.461. The van der Waals surface area contributed by atoms with Gasteiger partial charge in [0.15, 0.2) is 0 Å². The van der Waals surface area contributed by atoms with Gasteiger partial charge in [-0.25, -0.2) is 9.67 Å². The standard InChI is InChI=1S/C7H13N3S/c1-3-4-7(11-2)10-6-8-5-9-10/h5-7H,3-4H2,1-2H3. The number of aromatic nitrogens is 3. The Bertz CT molecular complexity index is 186. The summed E-state index contributed by atoms with van der Waals surface area (Å²) < 4.78 is 1.91. The Hall–Kier alpha value is -0.510. The summed E-state index contributed by atoms with van der Waals surface area (Å²) in [5.74, 6) is 0. The zero-order chi connectivity index (χ0) is 8.10. The van der Waals surface area contributed by atoms with Crippen molar-refractivity contribution in [2.24, 2.45) is 0 Å². The van der Waals surface area contributed by atoms with Gasteiger partial charge in [0.2, 0.25) is 0 Å². The normalized spacial score (nSPS) is 13.3. The molecule has 4 heteroatoms. The van der Waals surface area contributed by atoms with Gasteiger partial charge in [-0.3, -0.25) is 0 Å². The second-order valence-corrected chi connectivity index (χ2v) is 3.37. The van der Waals surface area contributed by atoms with Crippen LogP contribution in [0.15, 0.2) is 12.7 Å². The molecule has 1 rings (SSSR count). The average molecular weight is 171 g/mol. The fraction of sp³-hybridized carbons (Fsp3) is 0.714. The van der Waals surface area contributed by atoms with Crippen LogP contribution in [0.5, 0.6) is 0 Å². The van der Waals surface area contributed by atoms with E-state index in [9.17, 15) is 0 Å². The lowest BCUT2D eigenvalue weighted by Gasteiger charge is -2.12. The molecule has 1 aromatic heterocycles. The van der Waals surface area contributed by atoms with Gasteiger partial charge in [0, 0.05) is 0 Å². The van der Waals surface area contributed by atoms with Crippen LogP contribution < -0.4 is 0 Å². The van der Waals surface area contributed by atoms with Gasteiger partial charge < -0.3 is 0 Å². The van der Waals surface area contributed by atoms with Gasteiger partial charge in [-0.15, -0.1) is 11.8 Å². The maximum Gasteiger partial charge on any atom is 0.137 e. The molecule has 1 heterocycles. The van der Waals surface area contributed by atoms with E-state index in [0.717, 1.165) is 6.42 Å². The molecule has 0 saturated heterocycles. The molecule has 1 atom stereocenters. The van der Waals surface area contributed by atoms with E-state index in [0.29, 0.717) is 5.37 Å². The van der Waals surface area contributed by atoms with Crippen molar-refractivity contribution < 1.29 is 0 Å². The molecule has 1 aromatic rings. The predicted molar refractivity (Wildman–Crippen MR) is 47.5 cm³/mol. The molecule has 0 N–H and O–H groups in total. The van der Waals surface area contributed by atoms with E-state index in [1.807, 2.05) is 16.4 Å². The van der Waals surface area contributed by atoms with E-state index >= 15 is 0 Å². The Labute approximate surface area is 71.2 Å². The molecule has 0 fully saturated rings. The highest BCUT2D eigenvalue weighted by Crippen LogP contribution is 2.23. The Morgan fingerprint density at radius 2 is 2.45 bits per heavy atom. The highest BCUT2D eigenvalue weighted by molar-refractivity contribution is 7.98. The third-order valence-electron chi connectivity index (χ3n) is 1.54. The molecule has 0 bridgehead atoms. The molecule has 0 aliphatic carbocycles. The van der Waals surface area contributed by atoms with Gasteiger partial charge in [0.1, 0.15) is 12.7 Å². The first-order valence-corrected chi connectivity index (χ1v) is 5.04. The van der Waals surface area contributed by atoms with Crippen molar-refractivity contribution in [3.05, 3.63) is 12.7 Å². The molecule has 1 unspecified atom stereocenters. The van der Waals surface area contributed by atoms with Crippen LogP contribution in [0.4, 0.5) is 0 Å². The summed E-state index contributed by atoms with van der Waals surface area (Å²) in [6, 6.07) is 0. The lowest BCUT2D eigenvalue weighted by molar-refractivity contribution is 0.555. The van der Waals surface area contributed by atoms with Gasteiger partial charge in [0.05, 0.1) is 5.37 Å². The number of rotatable bonds is 4. The lowest BCUT2D eigenvalue weighted by Crippen LogP contribution is -2.04. The van der Waals surface area contributed by atoms with Crippen molar-refractivity contribution in [1.29, 1.82) is 0 Å². The van der Waals surface area contributed by atoms with Crippen molar-refractivity contribution in [3.63, 3.8) is 0 Å². The second kappa shape index (κ2) is 4.38. The summed E-state index contributed by atoms with van der Waals surface area (Å²) >= 11 is 1.81. The largest absolute Gasteiger partial charge is 0.240 e. The van der Waals surface area contributed by atoms with Crippen molar-refractivity contribution in [2.75, 3.05) is 6.26 Å². The van der Waals surface area contributed by atoms with Gasteiger partial charge in [-0.05, 0) is 12.7 Å². The van der Waals surface area contributed by atoms with Gasteiger partial charge in [-0.2, -0.15) is 5.10 Å². The first-order chi connectivity index (χ1) is 5.38. The highest BCUT2D eigenvalue weighted by atomic mass is 32.2. The first kappa shape index (κ1) is 8.59. The smallest absolute Gasteiger partial charge is 0.137 e.